The average Bonchev–Trinajstić information content (AvgIpc) is 2.61. The van der Waals surface area contributed by atoms with Gasteiger partial charge in [-0.2, -0.15) is 0 Å². The minimum Gasteiger partial charge on any atom is -0.207 e. The summed E-state index contributed by atoms with van der Waals surface area (Å²) in [6, 6.07) is 10.9. The van der Waals surface area contributed by atoms with Gasteiger partial charge in [-0.05, 0) is 23.1 Å². The Labute approximate surface area is 80.7 Å². The smallest absolute Gasteiger partial charge is 0.126 e. The molecule has 66 valence electrons. The third-order valence-corrected chi connectivity index (χ3v) is 2.78. The van der Waals surface area contributed by atoms with Crippen molar-refractivity contribution in [3.8, 4) is 0 Å². The van der Waals surface area contributed by atoms with Crippen molar-refractivity contribution in [1.82, 2.24) is 0 Å². The number of rotatable bonds is 2. The first-order chi connectivity index (χ1) is 6.36. The number of halogens is 1. The van der Waals surface area contributed by atoms with E-state index in [0.717, 1.165) is 5.56 Å². The van der Waals surface area contributed by atoms with Gasteiger partial charge in [0.2, 0.25) is 0 Å². The van der Waals surface area contributed by atoms with Gasteiger partial charge in [0.05, 0.1) is 0 Å². The summed E-state index contributed by atoms with van der Waals surface area (Å²) in [5, 5.41) is 2.01. The third-order valence-electron chi connectivity index (χ3n) is 1.90. The largest absolute Gasteiger partial charge is 0.207 e. The van der Waals surface area contributed by atoms with E-state index in [1.54, 1.807) is 17.4 Å². The highest BCUT2D eigenvalue weighted by Gasteiger charge is 2.01. The molecule has 0 aliphatic carbocycles. The molecule has 0 fully saturated rings. The van der Waals surface area contributed by atoms with Gasteiger partial charge in [0, 0.05) is 11.3 Å². The highest BCUT2D eigenvalue weighted by molar-refractivity contribution is 7.09. The zero-order chi connectivity index (χ0) is 9.10. The van der Waals surface area contributed by atoms with Crippen LogP contribution < -0.4 is 0 Å². The minimum atomic E-state index is -0.115. The molecule has 2 rings (SSSR count). The Kier molecular flexibility index (Phi) is 2.41. The van der Waals surface area contributed by atoms with Crippen LogP contribution in [0.3, 0.4) is 0 Å². The second-order valence-corrected chi connectivity index (χ2v) is 3.88. The van der Waals surface area contributed by atoms with Crippen LogP contribution in [0, 0.1) is 5.82 Å². The summed E-state index contributed by atoms with van der Waals surface area (Å²) in [4.78, 5) is 1.20. The summed E-state index contributed by atoms with van der Waals surface area (Å²) in [6.45, 7) is 0. The van der Waals surface area contributed by atoms with E-state index in [4.69, 9.17) is 0 Å². The lowest BCUT2D eigenvalue weighted by Crippen LogP contribution is -1.88. The predicted molar refractivity (Wildman–Crippen MR) is 53.5 cm³/mol. The van der Waals surface area contributed by atoms with E-state index >= 15 is 0 Å². The molecule has 13 heavy (non-hydrogen) atoms. The fraction of sp³-hybridized carbons (Fsp3) is 0.0909. The van der Waals surface area contributed by atoms with Crippen molar-refractivity contribution in [2.24, 2.45) is 0 Å². The van der Waals surface area contributed by atoms with Gasteiger partial charge in [-0.25, -0.2) is 4.39 Å². The molecule has 0 saturated heterocycles. The van der Waals surface area contributed by atoms with Gasteiger partial charge >= 0.3 is 0 Å². The van der Waals surface area contributed by atoms with Gasteiger partial charge in [0.1, 0.15) is 5.82 Å². The van der Waals surface area contributed by atoms with Gasteiger partial charge < -0.3 is 0 Å². The van der Waals surface area contributed by atoms with Crippen LogP contribution in [-0.4, -0.2) is 0 Å². The molecule has 1 aromatic carbocycles. The van der Waals surface area contributed by atoms with Crippen LogP contribution in [0.5, 0.6) is 0 Å². The van der Waals surface area contributed by atoms with E-state index in [9.17, 15) is 4.39 Å². The highest BCUT2D eigenvalue weighted by Crippen LogP contribution is 2.16. The van der Waals surface area contributed by atoms with Crippen LogP contribution in [0.4, 0.5) is 4.39 Å². The second-order valence-electron chi connectivity index (χ2n) is 2.85. The summed E-state index contributed by atoms with van der Waals surface area (Å²) in [7, 11) is 0. The molecule has 0 saturated carbocycles. The Hall–Kier alpha value is -1.15. The van der Waals surface area contributed by atoms with Crippen molar-refractivity contribution < 1.29 is 4.39 Å². The monoisotopic (exact) mass is 192 g/mol. The quantitative estimate of drug-likeness (QED) is 0.683. The fourth-order valence-corrected chi connectivity index (χ4v) is 1.97. The Bertz CT molecular complexity index is 379. The molecule has 0 spiro atoms. The lowest BCUT2D eigenvalue weighted by molar-refractivity contribution is 0.614. The van der Waals surface area contributed by atoms with Crippen LogP contribution in [0.25, 0.3) is 0 Å². The summed E-state index contributed by atoms with van der Waals surface area (Å²) < 4.78 is 13.2. The van der Waals surface area contributed by atoms with E-state index < -0.39 is 0 Å². The molecule has 0 aliphatic heterocycles. The van der Waals surface area contributed by atoms with Crippen molar-refractivity contribution in [3.05, 3.63) is 58.0 Å². The van der Waals surface area contributed by atoms with Crippen LogP contribution in [0.15, 0.2) is 41.8 Å². The van der Waals surface area contributed by atoms with Crippen molar-refractivity contribution in [2.45, 2.75) is 6.42 Å². The molecular weight excluding hydrogens is 183 g/mol. The molecule has 0 bridgehead atoms. The summed E-state index contributed by atoms with van der Waals surface area (Å²) >= 11 is 1.66. The molecule has 0 aliphatic rings. The molecule has 0 N–H and O–H groups in total. The van der Waals surface area contributed by atoms with Gasteiger partial charge in [-0.1, -0.05) is 24.3 Å². The van der Waals surface area contributed by atoms with Gasteiger partial charge in [-0.3, -0.25) is 0 Å². The van der Waals surface area contributed by atoms with Crippen LogP contribution in [0.2, 0.25) is 0 Å². The molecule has 2 heteroatoms. The van der Waals surface area contributed by atoms with Crippen LogP contribution in [0.1, 0.15) is 10.4 Å². The number of hydrogen-bond donors (Lipinski definition) is 0. The number of hydrogen-bond acceptors (Lipinski definition) is 1. The first-order valence-corrected chi connectivity index (χ1v) is 5.00. The van der Waals surface area contributed by atoms with Gasteiger partial charge in [0.15, 0.2) is 0 Å². The standard InChI is InChI=1S/C11H9FS/c12-11-6-2-1-4-9(11)8-10-5-3-7-13-10/h1-7H,8H2. The highest BCUT2D eigenvalue weighted by atomic mass is 32.1. The lowest BCUT2D eigenvalue weighted by Gasteiger charge is -1.99. The van der Waals surface area contributed by atoms with E-state index in [1.165, 1.54) is 10.9 Å². The summed E-state index contributed by atoms with van der Waals surface area (Å²) in [5.41, 5.74) is 0.768. The average molecular weight is 192 g/mol. The number of thiophene rings is 1. The fourth-order valence-electron chi connectivity index (χ4n) is 1.24. The van der Waals surface area contributed by atoms with E-state index in [2.05, 4.69) is 0 Å². The third kappa shape index (κ3) is 1.95. The maximum absolute atomic E-state index is 13.2. The Morgan fingerprint density at radius 2 is 1.92 bits per heavy atom. The van der Waals surface area contributed by atoms with E-state index in [1.807, 2.05) is 29.6 Å². The van der Waals surface area contributed by atoms with E-state index in [-0.39, 0.29) is 5.82 Å². The van der Waals surface area contributed by atoms with Crippen molar-refractivity contribution in [1.29, 1.82) is 0 Å². The second kappa shape index (κ2) is 3.71. The van der Waals surface area contributed by atoms with Crippen molar-refractivity contribution in [3.63, 3.8) is 0 Å². The maximum atomic E-state index is 13.2. The Morgan fingerprint density at radius 1 is 1.08 bits per heavy atom. The summed E-state index contributed by atoms with van der Waals surface area (Å²) in [6.07, 6.45) is 0.699. The van der Waals surface area contributed by atoms with Crippen molar-refractivity contribution >= 4 is 11.3 Å². The van der Waals surface area contributed by atoms with Crippen LogP contribution >= 0.6 is 11.3 Å². The normalized spacial score (nSPS) is 10.2. The predicted octanol–water partition coefficient (Wildman–Crippen LogP) is 3.48. The van der Waals surface area contributed by atoms with Gasteiger partial charge in [-0.15, -0.1) is 11.3 Å². The van der Waals surface area contributed by atoms with E-state index in [0.29, 0.717) is 6.42 Å². The molecule has 1 aromatic heterocycles. The Morgan fingerprint density at radius 3 is 2.62 bits per heavy atom. The number of benzene rings is 1. The van der Waals surface area contributed by atoms with Crippen molar-refractivity contribution in [2.75, 3.05) is 0 Å². The molecule has 0 atom stereocenters. The summed E-state index contributed by atoms with van der Waals surface area (Å²) in [5.74, 6) is -0.115. The zero-order valence-electron chi connectivity index (χ0n) is 7.03. The molecular formula is C11H9FS. The SMILES string of the molecule is Fc1ccccc1Cc1cccs1. The lowest BCUT2D eigenvalue weighted by atomic mass is 10.1. The molecule has 1 heterocycles. The van der Waals surface area contributed by atoms with Crippen LogP contribution in [-0.2, 0) is 6.42 Å². The Balaban J connectivity index is 2.24. The molecule has 0 nitrogen and oxygen atoms in total. The maximum Gasteiger partial charge on any atom is 0.126 e. The molecule has 0 unspecified atom stereocenters. The zero-order valence-corrected chi connectivity index (χ0v) is 7.85. The molecule has 0 amide bonds. The van der Waals surface area contributed by atoms with Gasteiger partial charge in [0.25, 0.3) is 0 Å². The molecule has 2 aromatic rings. The minimum absolute atomic E-state index is 0.115. The molecule has 0 radical (unpaired) electrons. The topological polar surface area (TPSA) is 0 Å². The first kappa shape index (κ1) is 8.45. The first-order valence-electron chi connectivity index (χ1n) is 4.12.